The number of aliphatic carboxylic acids is 1. The molecule has 0 saturated carbocycles. The Hall–Kier alpha value is -3.08. The number of thioether (sulfide) groups is 1. The van der Waals surface area contributed by atoms with Crippen molar-refractivity contribution in [2.75, 3.05) is 13.2 Å². The number of rotatable bonds is 10. The van der Waals surface area contributed by atoms with Crippen LogP contribution < -0.4 is 14.8 Å². The van der Waals surface area contributed by atoms with Gasteiger partial charge < -0.3 is 24.6 Å². The average Bonchev–Trinajstić information content (AvgIpc) is 3.02. The minimum absolute atomic E-state index is 0.232. The molecule has 30 heavy (non-hydrogen) atoms. The van der Waals surface area contributed by atoms with Gasteiger partial charge in [-0.3, -0.25) is 9.59 Å². The monoisotopic (exact) mass is 437 g/mol. The Labute approximate surface area is 177 Å². The van der Waals surface area contributed by atoms with E-state index in [1.807, 2.05) is 6.92 Å². The van der Waals surface area contributed by atoms with Crippen molar-refractivity contribution < 1.29 is 33.7 Å². The van der Waals surface area contributed by atoms with Crippen LogP contribution in [0, 0.1) is 0 Å². The zero-order chi connectivity index (χ0) is 22.1. The van der Waals surface area contributed by atoms with E-state index in [2.05, 4.69) is 15.5 Å². The third-order valence-corrected chi connectivity index (χ3v) is 4.75. The lowest BCUT2D eigenvalue weighted by Gasteiger charge is -2.16. The molecule has 0 radical (unpaired) electrons. The van der Waals surface area contributed by atoms with Crippen LogP contribution >= 0.6 is 11.8 Å². The van der Waals surface area contributed by atoms with Gasteiger partial charge >= 0.3 is 11.9 Å². The van der Waals surface area contributed by atoms with Gasteiger partial charge in [-0.25, -0.2) is 4.79 Å². The summed E-state index contributed by atoms with van der Waals surface area (Å²) in [6.45, 7) is 5.78. The molecule has 2 N–H and O–H groups in total. The molecule has 1 amide bonds. The molecular weight excluding hydrogens is 414 g/mol. The van der Waals surface area contributed by atoms with Crippen LogP contribution in [-0.2, 0) is 19.1 Å². The first-order chi connectivity index (χ1) is 14.3. The Morgan fingerprint density at radius 2 is 2.07 bits per heavy atom. The summed E-state index contributed by atoms with van der Waals surface area (Å²) in [6.07, 6.45) is 0.366. The Bertz CT molecular complexity index is 857. The molecule has 0 aromatic heterocycles. The van der Waals surface area contributed by atoms with Crippen LogP contribution in [0.25, 0.3) is 0 Å². The van der Waals surface area contributed by atoms with Crippen molar-refractivity contribution in [3.8, 4) is 11.5 Å². The van der Waals surface area contributed by atoms with Crippen LogP contribution in [0.5, 0.6) is 11.5 Å². The summed E-state index contributed by atoms with van der Waals surface area (Å²) in [5.41, 5.74) is 0.648. The van der Waals surface area contributed by atoms with Crippen molar-refractivity contribution in [2.24, 2.45) is 10.2 Å². The van der Waals surface area contributed by atoms with E-state index in [9.17, 15) is 14.4 Å². The highest BCUT2D eigenvalue weighted by atomic mass is 32.2. The summed E-state index contributed by atoms with van der Waals surface area (Å²) < 4.78 is 16.1. The fraction of sp³-hybridized carbons (Fsp3) is 0.421. The van der Waals surface area contributed by atoms with Gasteiger partial charge in [0.25, 0.3) is 0 Å². The predicted octanol–water partition coefficient (Wildman–Crippen LogP) is 1.81. The topological polar surface area (TPSA) is 136 Å². The number of esters is 1. The second-order valence-electron chi connectivity index (χ2n) is 5.99. The third-order valence-electron chi connectivity index (χ3n) is 3.68. The highest BCUT2D eigenvalue weighted by molar-refractivity contribution is 8.15. The normalized spacial score (nSPS) is 18.3. The smallest absolute Gasteiger partial charge is 0.347 e. The van der Waals surface area contributed by atoms with Gasteiger partial charge in [0.15, 0.2) is 22.8 Å². The molecule has 0 bridgehead atoms. The molecule has 0 spiro atoms. The molecule has 11 heteroatoms. The standard InChI is InChI=1S/C19H23N3O7S/c1-4-27-14-8-12(6-7-13(14)29-11(3)18(26)28-5-2)10-20-22-19-21-17(25)15(30-19)9-16(23)24/h6-8,10-11,15H,4-5,9H2,1-3H3,(H,23,24)(H,21,22,25). The van der Waals surface area contributed by atoms with E-state index in [0.717, 1.165) is 11.8 Å². The van der Waals surface area contributed by atoms with Crippen molar-refractivity contribution >= 4 is 41.0 Å². The van der Waals surface area contributed by atoms with Crippen molar-refractivity contribution in [1.29, 1.82) is 0 Å². The molecular formula is C19H23N3O7S. The molecule has 0 aliphatic carbocycles. The molecule has 1 heterocycles. The molecule has 1 aliphatic heterocycles. The van der Waals surface area contributed by atoms with Crippen LogP contribution in [0.2, 0.25) is 0 Å². The summed E-state index contributed by atoms with van der Waals surface area (Å²) >= 11 is 1.02. The molecule has 1 aromatic carbocycles. The Balaban J connectivity index is 2.07. The molecule has 1 saturated heterocycles. The number of ether oxygens (including phenoxy) is 3. The largest absolute Gasteiger partial charge is 0.490 e. The quantitative estimate of drug-likeness (QED) is 0.321. The maximum absolute atomic E-state index is 11.8. The molecule has 1 fully saturated rings. The third kappa shape index (κ3) is 6.76. The first kappa shape index (κ1) is 23.2. The number of carboxylic acid groups (broad SMARTS) is 1. The molecule has 1 aromatic rings. The van der Waals surface area contributed by atoms with Crippen LogP contribution in [0.1, 0.15) is 32.8 Å². The number of amidine groups is 1. The Morgan fingerprint density at radius 3 is 2.73 bits per heavy atom. The van der Waals surface area contributed by atoms with E-state index in [0.29, 0.717) is 23.7 Å². The van der Waals surface area contributed by atoms with Crippen molar-refractivity contribution in [2.45, 2.75) is 38.5 Å². The van der Waals surface area contributed by atoms with Gasteiger partial charge in [-0.05, 0) is 44.5 Å². The Morgan fingerprint density at radius 1 is 1.30 bits per heavy atom. The first-order valence-corrected chi connectivity index (χ1v) is 10.1. The first-order valence-electron chi connectivity index (χ1n) is 9.24. The van der Waals surface area contributed by atoms with Crippen LogP contribution in [0.3, 0.4) is 0 Å². The van der Waals surface area contributed by atoms with E-state index in [-0.39, 0.29) is 18.2 Å². The zero-order valence-corrected chi connectivity index (χ0v) is 17.6. The SMILES string of the molecule is CCOC(=O)C(C)Oc1ccc(C=NN=C2NC(=O)C(CC(=O)O)S2)cc1OCC. The molecule has 2 rings (SSSR count). The number of carbonyl (C=O) groups excluding carboxylic acids is 2. The summed E-state index contributed by atoms with van der Waals surface area (Å²) in [6, 6.07) is 5.02. The second kappa shape index (κ2) is 11.2. The van der Waals surface area contributed by atoms with Gasteiger partial charge in [0.05, 0.1) is 25.8 Å². The van der Waals surface area contributed by atoms with Crippen LogP contribution in [-0.4, -0.2) is 58.9 Å². The predicted molar refractivity (Wildman–Crippen MR) is 111 cm³/mol. The van der Waals surface area contributed by atoms with Crippen molar-refractivity contribution in [1.82, 2.24) is 5.32 Å². The fourth-order valence-electron chi connectivity index (χ4n) is 2.36. The lowest BCUT2D eigenvalue weighted by atomic mass is 10.2. The number of hydrogen-bond donors (Lipinski definition) is 2. The summed E-state index contributed by atoms with van der Waals surface area (Å²) in [7, 11) is 0. The molecule has 10 nitrogen and oxygen atoms in total. The maximum atomic E-state index is 11.8. The minimum Gasteiger partial charge on any atom is -0.490 e. The zero-order valence-electron chi connectivity index (χ0n) is 16.8. The van der Waals surface area contributed by atoms with E-state index in [1.165, 1.54) is 6.21 Å². The summed E-state index contributed by atoms with van der Waals surface area (Å²) in [4.78, 5) is 34.2. The number of benzene rings is 1. The van der Waals surface area contributed by atoms with Gasteiger partial charge in [-0.2, -0.15) is 5.10 Å². The van der Waals surface area contributed by atoms with Crippen LogP contribution in [0.4, 0.5) is 0 Å². The second-order valence-corrected chi connectivity index (χ2v) is 7.19. The van der Waals surface area contributed by atoms with Gasteiger partial charge in [0, 0.05) is 0 Å². The minimum atomic E-state index is -1.06. The molecule has 1 aliphatic rings. The number of hydrogen-bond acceptors (Lipinski definition) is 9. The van der Waals surface area contributed by atoms with E-state index < -0.39 is 29.2 Å². The number of nitrogens with one attached hydrogen (secondary N) is 1. The molecule has 2 unspecified atom stereocenters. The molecule has 162 valence electrons. The van der Waals surface area contributed by atoms with Crippen molar-refractivity contribution in [3.05, 3.63) is 23.8 Å². The van der Waals surface area contributed by atoms with E-state index in [1.54, 1.807) is 32.0 Å². The van der Waals surface area contributed by atoms with Crippen molar-refractivity contribution in [3.63, 3.8) is 0 Å². The van der Waals surface area contributed by atoms with Gasteiger partial charge in [-0.15, -0.1) is 5.10 Å². The Kier molecular flexibility index (Phi) is 8.66. The maximum Gasteiger partial charge on any atom is 0.347 e. The lowest BCUT2D eigenvalue weighted by Crippen LogP contribution is -2.26. The van der Waals surface area contributed by atoms with E-state index >= 15 is 0 Å². The number of nitrogens with zero attached hydrogens (tertiary/aromatic N) is 2. The number of carbonyl (C=O) groups is 3. The fourth-order valence-corrected chi connectivity index (χ4v) is 3.28. The van der Waals surface area contributed by atoms with E-state index in [4.69, 9.17) is 19.3 Å². The summed E-state index contributed by atoms with van der Waals surface area (Å²) in [5, 5.41) is 18.6. The highest BCUT2D eigenvalue weighted by Gasteiger charge is 2.32. The highest BCUT2D eigenvalue weighted by Crippen LogP contribution is 2.29. The number of amides is 1. The van der Waals surface area contributed by atoms with Gasteiger partial charge in [0.1, 0.15) is 5.25 Å². The number of carboxylic acids is 1. The molecule has 2 atom stereocenters. The van der Waals surface area contributed by atoms with Gasteiger partial charge in [0.2, 0.25) is 5.91 Å². The average molecular weight is 437 g/mol. The van der Waals surface area contributed by atoms with Crippen LogP contribution in [0.15, 0.2) is 28.4 Å². The lowest BCUT2D eigenvalue weighted by molar-refractivity contribution is -0.150. The van der Waals surface area contributed by atoms with Gasteiger partial charge in [-0.1, -0.05) is 11.8 Å². The summed E-state index contributed by atoms with van der Waals surface area (Å²) in [5.74, 6) is -1.13.